The van der Waals surface area contributed by atoms with Crippen LogP contribution in [0.4, 0.5) is 4.39 Å². The third kappa shape index (κ3) is 3.22. The molecule has 0 saturated carbocycles. The van der Waals surface area contributed by atoms with E-state index in [1.807, 2.05) is 0 Å². The Bertz CT molecular complexity index is 551. The minimum atomic E-state index is -0.272. The smallest absolute Gasteiger partial charge is 0.174 e. The molecule has 1 N–H and O–H groups in total. The first-order valence-corrected chi connectivity index (χ1v) is 7.14. The first kappa shape index (κ1) is 14.7. The van der Waals surface area contributed by atoms with Crippen LogP contribution in [0.2, 0.25) is 0 Å². The summed E-state index contributed by atoms with van der Waals surface area (Å²) in [4.78, 5) is 8.44. The van der Waals surface area contributed by atoms with Gasteiger partial charge in [0, 0.05) is 37.1 Å². The molecule has 108 valence electrons. The molecular formula is C15H21FN4. The number of nitrogens with zero attached hydrogens (tertiary/aromatic N) is 3. The average Bonchev–Trinajstić information content (AvgIpc) is 2.89. The van der Waals surface area contributed by atoms with Crippen LogP contribution in [0.15, 0.2) is 24.7 Å². The molecule has 20 heavy (non-hydrogen) atoms. The van der Waals surface area contributed by atoms with Crippen molar-refractivity contribution in [1.29, 1.82) is 0 Å². The SMILES string of the molecule is CCCNCc1ccnc(-n2ccnc2CCC)c1F. The van der Waals surface area contributed by atoms with E-state index in [0.29, 0.717) is 17.9 Å². The van der Waals surface area contributed by atoms with Crippen LogP contribution in [0.25, 0.3) is 5.82 Å². The summed E-state index contributed by atoms with van der Waals surface area (Å²) in [5.74, 6) is 0.908. The summed E-state index contributed by atoms with van der Waals surface area (Å²) in [6, 6.07) is 1.72. The fourth-order valence-corrected chi connectivity index (χ4v) is 2.11. The fourth-order valence-electron chi connectivity index (χ4n) is 2.11. The Morgan fingerprint density at radius 1 is 1.20 bits per heavy atom. The minimum Gasteiger partial charge on any atom is -0.313 e. The summed E-state index contributed by atoms with van der Waals surface area (Å²) in [5.41, 5.74) is 0.639. The second-order valence-electron chi connectivity index (χ2n) is 4.75. The zero-order valence-corrected chi connectivity index (χ0v) is 12.1. The first-order valence-electron chi connectivity index (χ1n) is 7.14. The van der Waals surface area contributed by atoms with Crippen molar-refractivity contribution in [3.05, 3.63) is 41.9 Å². The molecule has 2 rings (SSSR count). The van der Waals surface area contributed by atoms with Gasteiger partial charge in [0.25, 0.3) is 0 Å². The fraction of sp³-hybridized carbons (Fsp3) is 0.467. The minimum absolute atomic E-state index is 0.272. The van der Waals surface area contributed by atoms with Crippen LogP contribution < -0.4 is 5.32 Å². The summed E-state index contributed by atoms with van der Waals surface area (Å²) >= 11 is 0. The zero-order valence-electron chi connectivity index (χ0n) is 12.1. The largest absolute Gasteiger partial charge is 0.313 e. The van der Waals surface area contributed by atoms with Crippen molar-refractivity contribution in [2.24, 2.45) is 0 Å². The second kappa shape index (κ2) is 7.14. The van der Waals surface area contributed by atoms with Crippen LogP contribution >= 0.6 is 0 Å². The van der Waals surface area contributed by atoms with Gasteiger partial charge in [0.05, 0.1) is 0 Å². The van der Waals surface area contributed by atoms with Crippen molar-refractivity contribution in [2.45, 2.75) is 39.7 Å². The number of aromatic nitrogens is 3. The van der Waals surface area contributed by atoms with Gasteiger partial charge in [0.15, 0.2) is 11.6 Å². The maximum atomic E-state index is 14.5. The van der Waals surface area contributed by atoms with Gasteiger partial charge in [0.2, 0.25) is 0 Å². The van der Waals surface area contributed by atoms with Crippen molar-refractivity contribution in [2.75, 3.05) is 6.54 Å². The van der Waals surface area contributed by atoms with Gasteiger partial charge in [0.1, 0.15) is 5.82 Å². The predicted octanol–water partition coefficient (Wildman–Crippen LogP) is 2.86. The van der Waals surface area contributed by atoms with Gasteiger partial charge >= 0.3 is 0 Å². The Balaban J connectivity index is 2.27. The number of rotatable bonds is 7. The summed E-state index contributed by atoms with van der Waals surface area (Å²) < 4.78 is 16.3. The van der Waals surface area contributed by atoms with E-state index in [1.165, 1.54) is 0 Å². The van der Waals surface area contributed by atoms with Gasteiger partial charge in [-0.05, 0) is 25.5 Å². The molecule has 0 amide bonds. The molecule has 0 spiro atoms. The van der Waals surface area contributed by atoms with E-state index in [1.54, 1.807) is 29.2 Å². The van der Waals surface area contributed by atoms with Gasteiger partial charge in [-0.15, -0.1) is 0 Å². The van der Waals surface area contributed by atoms with E-state index in [0.717, 1.165) is 31.6 Å². The Morgan fingerprint density at radius 2 is 2.05 bits per heavy atom. The standard InChI is InChI=1S/C15H21FN4/c1-3-5-13-18-9-10-20(13)15-14(16)12(6-8-19-15)11-17-7-4-2/h6,8-10,17H,3-5,7,11H2,1-2H3. The Labute approximate surface area is 119 Å². The molecule has 4 nitrogen and oxygen atoms in total. The highest BCUT2D eigenvalue weighted by Crippen LogP contribution is 2.17. The number of imidazole rings is 1. The van der Waals surface area contributed by atoms with E-state index in [2.05, 4.69) is 29.1 Å². The van der Waals surface area contributed by atoms with Crippen molar-refractivity contribution >= 4 is 0 Å². The molecule has 0 saturated heterocycles. The van der Waals surface area contributed by atoms with Gasteiger partial charge < -0.3 is 5.32 Å². The van der Waals surface area contributed by atoms with E-state index in [4.69, 9.17) is 0 Å². The number of pyridine rings is 1. The second-order valence-corrected chi connectivity index (χ2v) is 4.75. The molecule has 2 heterocycles. The molecule has 0 aliphatic heterocycles. The van der Waals surface area contributed by atoms with Crippen LogP contribution in [0.3, 0.4) is 0 Å². The third-order valence-electron chi connectivity index (χ3n) is 3.11. The Morgan fingerprint density at radius 3 is 2.80 bits per heavy atom. The molecule has 0 aliphatic carbocycles. The van der Waals surface area contributed by atoms with E-state index in [9.17, 15) is 4.39 Å². The molecule has 0 aromatic carbocycles. The van der Waals surface area contributed by atoms with Crippen molar-refractivity contribution in [1.82, 2.24) is 19.9 Å². The lowest BCUT2D eigenvalue weighted by molar-refractivity contribution is 0.570. The topological polar surface area (TPSA) is 42.7 Å². The summed E-state index contributed by atoms with van der Waals surface area (Å²) in [5, 5.41) is 3.21. The molecule has 5 heteroatoms. The van der Waals surface area contributed by atoms with Crippen molar-refractivity contribution in [3.8, 4) is 5.82 Å². The van der Waals surface area contributed by atoms with E-state index >= 15 is 0 Å². The van der Waals surface area contributed by atoms with Crippen molar-refractivity contribution in [3.63, 3.8) is 0 Å². The van der Waals surface area contributed by atoms with Crippen molar-refractivity contribution < 1.29 is 4.39 Å². The lowest BCUT2D eigenvalue weighted by Gasteiger charge is -2.11. The molecule has 0 atom stereocenters. The lowest BCUT2D eigenvalue weighted by Crippen LogP contribution is -2.16. The number of hydrogen-bond acceptors (Lipinski definition) is 3. The van der Waals surface area contributed by atoms with Crippen LogP contribution in [-0.2, 0) is 13.0 Å². The molecule has 0 aliphatic rings. The highest BCUT2D eigenvalue weighted by molar-refractivity contribution is 5.32. The average molecular weight is 276 g/mol. The van der Waals surface area contributed by atoms with Crippen LogP contribution in [-0.4, -0.2) is 21.1 Å². The lowest BCUT2D eigenvalue weighted by atomic mass is 10.2. The normalized spacial score (nSPS) is 10.9. The number of aryl methyl sites for hydroxylation is 1. The summed E-state index contributed by atoms with van der Waals surface area (Å²) in [7, 11) is 0. The molecule has 0 fully saturated rings. The molecule has 2 aromatic heterocycles. The highest BCUT2D eigenvalue weighted by atomic mass is 19.1. The predicted molar refractivity (Wildman–Crippen MR) is 77.3 cm³/mol. The molecular weight excluding hydrogens is 255 g/mol. The Kier molecular flexibility index (Phi) is 5.24. The van der Waals surface area contributed by atoms with Crippen LogP contribution in [0, 0.1) is 5.82 Å². The molecule has 0 unspecified atom stereocenters. The quantitative estimate of drug-likeness (QED) is 0.791. The number of halogens is 1. The van der Waals surface area contributed by atoms with E-state index < -0.39 is 0 Å². The highest BCUT2D eigenvalue weighted by Gasteiger charge is 2.13. The number of nitrogens with one attached hydrogen (secondary N) is 1. The van der Waals surface area contributed by atoms with E-state index in [-0.39, 0.29) is 5.82 Å². The summed E-state index contributed by atoms with van der Waals surface area (Å²) in [6.45, 7) is 5.56. The first-order chi connectivity index (χ1) is 9.77. The summed E-state index contributed by atoms with van der Waals surface area (Å²) in [6.07, 6.45) is 7.91. The Hall–Kier alpha value is -1.75. The molecule has 0 bridgehead atoms. The van der Waals surface area contributed by atoms with Gasteiger partial charge in [-0.25, -0.2) is 14.4 Å². The molecule has 2 aromatic rings. The van der Waals surface area contributed by atoms with Crippen LogP contribution in [0.5, 0.6) is 0 Å². The maximum absolute atomic E-state index is 14.5. The number of hydrogen-bond donors (Lipinski definition) is 1. The van der Waals surface area contributed by atoms with Gasteiger partial charge in [-0.3, -0.25) is 4.57 Å². The van der Waals surface area contributed by atoms with Gasteiger partial charge in [-0.2, -0.15) is 0 Å². The van der Waals surface area contributed by atoms with Gasteiger partial charge in [-0.1, -0.05) is 13.8 Å². The third-order valence-corrected chi connectivity index (χ3v) is 3.11. The van der Waals surface area contributed by atoms with Crippen LogP contribution in [0.1, 0.15) is 38.1 Å². The molecule has 0 radical (unpaired) electrons. The zero-order chi connectivity index (χ0) is 14.4. The monoisotopic (exact) mass is 276 g/mol. The maximum Gasteiger partial charge on any atom is 0.174 e.